The molecule has 1 aliphatic heterocycles. The standard InChI is InChI=1S/C14H14N2O2S/c1-16-6-2-3-9-7-10(4-5-12(9)16)13-15-11(8-19-13)14(17)18/h4-5,7-8H,2-3,6H2,1H3,(H,17,18). The topological polar surface area (TPSA) is 53.4 Å². The number of fused-ring (bicyclic) bond motifs is 1. The van der Waals surface area contributed by atoms with Gasteiger partial charge >= 0.3 is 5.97 Å². The molecular weight excluding hydrogens is 260 g/mol. The molecule has 1 aromatic carbocycles. The lowest BCUT2D eigenvalue weighted by molar-refractivity contribution is 0.0691. The van der Waals surface area contributed by atoms with Crippen LogP contribution in [0.4, 0.5) is 5.69 Å². The molecule has 4 nitrogen and oxygen atoms in total. The normalized spacial score (nSPS) is 14.3. The van der Waals surface area contributed by atoms with Crippen LogP contribution in [0, 0.1) is 0 Å². The summed E-state index contributed by atoms with van der Waals surface area (Å²) in [5.41, 5.74) is 3.71. The smallest absolute Gasteiger partial charge is 0.355 e. The summed E-state index contributed by atoms with van der Waals surface area (Å²) in [5, 5.41) is 11.3. The van der Waals surface area contributed by atoms with Crippen molar-refractivity contribution in [2.45, 2.75) is 12.8 Å². The number of aromatic nitrogens is 1. The van der Waals surface area contributed by atoms with Crippen LogP contribution < -0.4 is 4.90 Å². The highest BCUT2D eigenvalue weighted by Gasteiger charge is 2.16. The zero-order valence-corrected chi connectivity index (χ0v) is 11.4. The first-order chi connectivity index (χ1) is 9.15. The van der Waals surface area contributed by atoms with Gasteiger partial charge in [-0.1, -0.05) is 0 Å². The van der Waals surface area contributed by atoms with E-state index in [1.807, 2.05) is 6.07 Å². The van der Waals surface area contributed by atoms with E-state index in [0.29, 0.717) is 0 Å². The van der Waals surface area contributed by atoms with Crippen LogP contribution in [-0.2, 0) is 6.42 Å². The summed E-state index contributed by atoms with van der Waals surface area (Å²) < 4.78 is 0. The molecule has 3 rings (SSSR count). The Hall–Kier alpha value is -1.88. The van der Waals surface area contributed by atoms with Gasteiger partial charge in [0.2, 0.25) is 0 Å². The highest BCUT2D eigenvalue weighted by molar-refractivity contribution is 7.13. The molecule has 1 aliphatic rings. The Labute approximate surface area is 115 Å². The van der Waals surface area contributed by atoms with Crippen molar-refractivity contribution in [3.8, 4) is 10.6 Å². The third-order valence-corrected chi connectivity index (χ3v) is 4.29. The molecule has 0 spiro atoms. The summed E-state index contributed by atoms with van der Waals surface area (Å²) in [4.78, 5) is 17.3. The molecule has 5 heteroatoms. The van der Waals surface area contributed by atoms with Crippen LogP contribution in [0.3, 0.4) is 0 Å². The molecular formula is C14H14N2O2S. The van der Waals surface area contributed by atoms with Gasteiger partial charge in [0.05, 0.1) is 0 Å². The number of anilines is 1. The summed E-state index contributed by atoms with van der Waals surface area (Å²) in [5.74, 6) is -0.972. The molecule has 98 valence electrons. The van der Waals surface area contributed by atoms with Gasteiger partial charge in [0.1, 0.15) is 5.01 Å². The predicted molar refractivity (Wildman–Crippen MR) is 76.1 cm³/mol. The first-order valence-corrected chi connectivity index (χ1v) is 7.06. The van der Waals surface area contributed by atoms with Crippen LogP contribution in [0.1, 0.15) is 22.5 Å². The highest BCUT2D eigenvalue weighted by atomic mass is 32.1. The number of nitrogens with zero attached hydrogens (tertiary/aromatic N) is 2. The monoisotopic (exact) mass is 274 g/mol. The van der Waals surface area contributed by atoms with Crippen molar-refractivity contribution in [3.63, 3.8) is 0 Å². The molecule has 0 aliphatic carbocycles. The van der Waals surface area contributed by atoms with Crippen LogP contribution in [0.15, 0.2) is 23.6 Å². The highest BCUT2D eigenvalue weighted by Crippen LogP contribution is 2.32. The van der Waals surface area contributed by atoms with Crippen molar-refractivity contribution in [1.29, 1.82) is 0 Å². The molecule has 19 heavy (non-hydrogen) atoms. The van der Waals surface area contributed by atoms with Crippen molar-refractivity contribution >= 4 is 23.0 Å². The second-order valence-electron chi connectivity index (χ2n) is 4.71. The summed E-state index contributed by atoms with van der Waals surface area (Å²) in [6.45, 7) is 1.09. The second-order valence-corrected chi connectivity index (χ2v) is 5.57. The third-order valence-electron chi connectivity index (χ3n) is 3.40. The van der Waals surface area contributed by atoms with Gasteiger partial charge in [-0.05, 0) is 36.6 Å². The number of aromatic carboxylic acids is 1. The van der Waals surface area contributed by atoms with Gasteiger partial charge in [-0.2, -0.15) is 0 Å². The van der Waals surface area contributed by atoms with Crippen LogP contribution in [-0.4, -0.2) is 29.7 Å². The fourth-order valence-electron chi connectivity index (χ4n) is 2.42. The van der Waals surface area contributed by atoms with E-state index in [4.69, 9.17) is 5.11 Å². The predicted octanol–water partition coefficient (Wildman–Crippen LogP) is 2.89. The maximum atomic E-state index is 10.9. The molecule has 0 bridgehead atoms. The Bertz CT molecular complexity index is 636. The Kier molecular flexibility index (Phi) is 2.98. The van der Waals surface area contributed by atoms with Gasteiger partial charge in [-0.15, -0.1) is 11.3 Å². The number of rotatable bonds is 2. The first-order valence-electron chi connectivity index (χ1n) is 6.18. The molecule has 0 atom stereocenters. The van der Waals surface area contributed by atoms with E-state index in [2.05, 4.69) is 29.1 Å². The summed E-state index contributed by atoms with van der Waals surface area (Å²) in [7, 11) is 2.10. The number of hydrogen-bond donors (Lipinski definition) is 1. The zero-order chi connectivity index (χ0) is 13.4. The molecule has 0 saturated carbocycles. The van der Waals surface area contributed by atoms with Gasteiger partial charge in [-0.25, -0.2) is 9.78 Å². The minimum absolute atomic E-state index is 0.120. The molecule has 0 amide bonds. The Morgan fingerprint density at radius 3 is 3.05 bits per heavy atom. The second kappa shape index (κ2) is 4.66. The fraction of sp³-hybridized carbons (Fsp3) is 0.286. The number of benzene rings is 1. The van der Waals surface area contributed by atoms with Crippen molar-refractivity contribution in [3.05, 3.63) is 34.8 Å². The SMILES string of the molecule is CN1CCCc2cc(-c3nc(C(=O)O)cs3)ccc21. The minimum atomic E-state index is -0.972. The first kappa shape index (κ1) is 12.2. The molecule has 0 radical (unpaired) electrons. The van der Waals surface area contributed by atoms with Crippen LogP contribution in [0.2, 0.25) is 0 Å². The molecule has 1 N–H and O–H groups in total. The number of carboxylic acids is 1. The van der Waals surface area contributed by atoms with Crippen LogP contribution in [0.5, 0.6) is 0 Å². The van der Waals surface area contributed by atoms with Gasteiger partial charge in [0, 0.05) is 30.2 Å². The Balaban J connectivity index is 1.99. The van der Waals surface area contributed by atoms with Gasteiger partial charge in [0.15, 0.2) is 5.69 Å². The Morgan fingerprint density at radius 1 is 1.47 bits per heavy atom. The molecule has 2 aromatic rings. The summed E-state index contributed by atoms with van der Waals surface area (Å²) in [6, 6.07) is 6.26. The third kappa shape index (κ3) is 2.21. The summed E-state index contributed by atoms with van der Waals surface area (Å²) in [6.07, 6.45) is 2.23. The fourth-order valence-corrected chi connectivity index (χ4v) is 3.21. The maximum absolute atomic E-state index is 10.9. The van der Waals surface area contributed by atoms with Gasteiger partial charge in [-0.3, -0.25) is 0 Å². The number of thiazole rings is 1. The van der Waals surface area contributed by atoms with Crippen molar-refractivity contribution in [2.75, 3.05) is 18.5 Å². The molecule has 2 heterocycles. The van der Waals surface area contributed by atoms with Gasteiger partial charge in [0.25, 0.3) is 0 Å². The number of aryl methyl sites for hydroxylation is 1. The average Bonchev–Trinajstić information content (AvgIpc) is 2.88. The van der Waals surface area contributed by atoms with Gasteiger partial charge < -0.3 is 10.0 Å². The van der Waals surface area contributed by atoms with E-state index in [0.717, 1.165) is 30.0 Å². The lowest BCUT2D eigenvalue weighted by Crippen LogP contribution is -2.24. The summed E-state index contributed by atoms with van der Waals surface area (Å²) >= 11 is 1.38. The van der Waals surface area contributed by atoms with Crippen molar-refractivity contribution in [1.82, 2.24) is 4.98 Å². The lowest BCUT2D eigenvalue weighted by Gasteiger charge is -2.27. The zero-order valence-electron chi connectivity index (χ0n) is 10.6. The number of carbonyl (C=O) groups is 1. The van der Waals surface area contributed by atoms with Crippen molar-refractivity contribution in [2.24, 2.45) is 0 Å². The van der Waals surface area contributed by atoms with E-state index < -0.39 is 5.97 Å². The maximum Gasteiger partial charge on any atom is 0.355 e. The number of carboxylic acid groups (broad SMARTS) is 1. The van der Waals surface area contributed by atoms with Crippen LogP contribution >= 0.6 is 11.3 Å². The van der Waals surface area contributed by atoms with E-state index in [9.17, 15) is 4.79 Å². The van der Waals surface area contributed by atoms with E-state index in [1.165, 1.54) is 22.6 Å². The molecule has 0 fully saturated rings. The van der Waals surface area contributed by atoms with E-state index in [-0.39, 0.29) is 5.69 Å². The molecule has 0 unspecified atom stereocenters. The van der Waals surface area contributed by atoms with E-state index >= 15 is 0 Å². The van der Waals surface area contributed by atoms with E-state index in [1.54, 1.807) is 5.38 Å². The minimum Gasteiger partial charge on any atom is -0.476 e. The average molecular weight is 274 g/mol. The van der Waals surface area contributed by atoms with Crippen molar-refractivity contribution < 1.29 is 9.90 Å². The number of hydrogen-bond acceptors (Lipinski definition) is 4. The Morgan fingerprint density at radius 2 is 2.32 bits per heavy atom. The lowest BCUT2D eigenvalue weighted by atomic mass is 10.00. The molecule has 0 saturated heterocycles. The molecule has 1 aromatic heterocycles. The largest absolute Gasteiger partial charge is 0.476 e. The van der Waals surface area contributed by atoms with Crippen LogP contribution in [0.25, 0.3) is 10.6 Å². The quantitative estimate of drug-likeness (QED) is 0.915.